The van der Waals surface area contributed by atoms with Crippen LogP contribution in [0.25, 0.3) is 0 Å². The van der Waals surface area contributed by atoms with Crippen LogP contribution in [0.3, 0.4) is 0 Å². The molecule has 1 rings (SSSR count). The van der Waals surface area contributed by atoms with E-state index in [1.165, 1.54) is 17.2 Å². The standard InChI is InChI=1S/C8H9F3N2/c1-13(2)7-3-4-12-5-6(7)8(9,10)11/h3-5H,1-2H3. The maximum Gasteiger partial charge on any atom is 0.419 e. The van der Waals surface area contributed by atoms with Gasteiger partial charge in [-0.2, -0.15) is 13.2 Å². The van der Waals surface area contributed by atoms with E-state index in [4.69, 9.17) is 0 Å². The zero-order valence-electron chi connectivity index (χ0n) is 7.26. The molecule has 0 aliphatic carbocycles. The van der Waals surface area contributed by atoms with E-state index in [2.05, 4.69) is 4.98 Å². The lowest BCUT2D eigenvalue weighted by Gasteiger charge is -2.18. The van der Waals surface area contributed by atoms with Gasteiger partial charge in [-0.25, -0.2) is 0 Å². The summed E-state index contributed by atoms with van der Waals surface area (Å²) in [7, 11) is 3.12. The molecule has 0 aliphatic heterocycles. The van der Waals surface area contributed by atoms with Crippen LogP contribution >= 0.6 is 0 Å². The number of alkyl halides is 3. The summed E-state index contributed by atoms with van der Waals surface area (Å²) in [6.45, 7) is 0. The second-order valence-corrected chi connectivity index (χ2v) is 2.79. The Morgan fingerprint density at radius 1 is 1.31 bits per heavy atom. The average Bonchev–Trinajstić information content (AvgIpc) is 2.03. The summed E-state index contributed by atoms with van der Waals surface area (Å²) in [5.74, 6) is 0. The summed E-state index contributed by atoms with van der Waals surface area (Å²) in [5.41, 5.74) is -0.581. The molecule has 0 atom stereocenters. The van der Waals surface area contributed by atoms with E-state index in [1.807, 2.05) is 0 Å². The van der Waals surface area contributed by atoms with Crippen molar-refractivity contribution in [2.75, 3.05) is 19.0 Å². The van der Waals surface area contributed by atoms with Crippen molar-refractivity contribution in [2.24, 2.45) is 0 Å². The normalized spacial score (nSPS) is 11.5. The smallest absolute Gasteiger partial charge is 0.377 e. The summed E-state index contributed by atoms with van der Waals surface area (Å²) >= 11 is 0. The predicted molar refractivity (Wildman–Crippen MR) is 43.6 cm³/mol. The number of aromatic nitrogens is 1. The third kappa shape index (κ3) is 2.11. The van der Waals surface area contributed by atoms with Crippen molar-refractivity contribution in [3.63, 3.8) is 0 Å². The Hall–Kier alpha value is -1.26. The van der Waals surface area contributed by atoms with Gasteiger partial charge >= 0.3 is 6.18 Å². The lowest BCUT2D eigenvalue weighted by molar-refractivity contribution is -0.137. The van der Waals surface area contributed by atoms with Crippen molar-refractivity contribution in [2.45, 2.75) is 6.18 Å². The summed E-state index contributed by atoms with van der Waals surface area (Å²) < 4.78 is 37.0. The molecule has 1 aromatic rings. The number of rotatable bonds is 1. The fourth-order valence-corrected chi connectivity index (χ4v) is 0.996. The molecule has 0 aromatic carbocycles. The van der Waals surface area contributed by atoms with E-state index in [0.717, 1.165) is 6.20 Å². The van der Waals surface area contributed by atoms with Gasteiger partial charge in [0, 0.05) is 26.5 Å². The van der Waals surface area contributed by atoms with Crippen LogP contribution in [0.4, 0.5) is 18.9 Å². The minimum absolute atomic E-state index is 0.127. The molecule has 2 nitrogen and oxygen atoms in total. The number of halogens is 3. The highest BCUT2D eigenvalue weighted by Crippen LogP contribution is 2.34. The third-order valence-corrected chi connectivity index (χ3v) is 1.59. The van der Waals surface area contributed by atoms with Crippen LogP contribution in [-0.2, 0) is 6.18 Å². The predicted octanol–water partition coefficient (Wildman–Crippen LogP) is 2.17. The molecule has 0 radical (unpaired) electrons. The van der Waals surface area contributed by atoms with Gasteiger partial charge in [-0.05, 0) is 6.07 Å². The Morgan fingerprint density at radius 2 is 1.92 bits per heavy atom. The second-order valence-electron chi connectivity index (χ2n) is 2.79. The molecular weight excluding hydrogens is 181 g/mol. The first-order valence-electron chi connectivity index (χ1n) is 3.61. The van der Waals surface area contributed by atoms with Crippen molar-refractivity contribution in [1.29, 1.82) is 0 Å². The van der Waals surface area contributed by atoms with E-state index in [1.54, 1.807) is 14.1 Å². The maximum absolute atomic E-state index is 12.3. The zero-order valence-corrected chi connectivity index (χ0v) is 7.26. The Balaban J connectivity index is 3.20. The van der Waals surface area contributed by atoms with Gasteiger partial charge in [-0.15, -0.1) is 0 Å². The van der Waals surface area contributed by atoms with E-state index >= 15 is 0 Å². The fourth-order valence-electron chi connectivity index (χ4n) is 0.996. The fraction of sp³-hybridized carbons (Fsp3) is 0.375. The van der Waals surface area contributed by atoms with Gasteiger partial charge in [0.2, 0.25) is 0 Å². The van der Waals surface area contributed by atoms with Gasteiger partial charge < -0.3 is 4.90 Å². The minimum Gasteiger partial charge on any atom is -0.377 e. The van der Waals surface area contributed by atoms with Crippen LogP contribution < -0.4 is 4.90 Å². The number of anilines is 1. The SMILES string of the molecule is CN(C)c1ccncc1C(F)(F)F. The van der Waals surface area contributed by atoms with E-state index in [9.17, 15) is 13.2 Å². The highest BCUT2D eigenvalue weighted by Gasteiger charge is 2.34. The first-order valence-corrected chi connectivity index (χ1v) is 3.61. The Kier molecular flexibility index (Phi) is 2.45. The molecule has 0 amide bonds. The van der Waals surface area contributed by atoms with Crippen LogP contribution in [0.1, 0.15) is 5.56 Å². The van der Waals surface area contributed by atoms with E-state index in [0.29, 0.717) is 0 Å². The Bertz CT molecular complexity index is 294. The first kappa shape index (κ1) is 9.83. The molecule has 0 bridgehead atoms. The largest absolute Gasteiger partial charge is 0.419 e. The molecule has 0 fully saturated rings. The maximum atomic E-state index is 12.3. The molecular formula is C8H9F3N2. The van der Waals surface area contributed by atoms with Gasteiger partial charge in [0.25, 0.3) is 0 Å². The molecule has 0 aliphatic rings. The second kappa shape index (κ2) is 3.24. The van der Waals surface area contributed by atoms with Gasteiger partial charge in [0.1, 0.15) is 0 Å². The lowest BCUT2D eigenvalue weighted by Crippen LogP contribution is -2.16. The molecule has 0 saturated heterocycles. The highest BCUT2D eigenvalue weighted by atomic mass is 19.4. The van der Waals surface area contributed by atoms with Crippen molar-refractivity contribution < 1.29 is 13.2 Å². The summed E-state index contributed by atoms with van der Waals surface area (Å²) in [6.07, 6.45) is -2.17. The molecule has 72 valence electrons. The first-order chi connectivity index (χ1) is 5.93. The molecule has 1 aromatic heterocycles. The van der Waals surface area contributed by atoms with Crippen LogP contribution in [0.15, 0.2) is 18.5 Å². The monoisotopic (exact) mass is 190 g/mol. The summed E-state index contributed by atoms with van der Waals surface area (Å²) in [4.78, 5) is 4.85. The molecule has 13 heavy (non-hydrogen) atoms. The van der Waals surface area contributed by atoms with Gasteiger partial charge in [-0.3, -0.25) is 4.98 Å². The Labute approximate surface area is 74.0 Å². The molecule has 1 heterocycles. The Morgan fingerprint density at radius 3 is 2.31 bits per heavy atom. The van der Waals surface area contributed by atoms with Crippen molar-refractivity contribution in [3.8, 4) is 0 Å². The number of pyridine rings is 1. The average molecular weight is 190 g/mol. The summed E-state index contributed by atoms with van der Waals surface area (Å²) in [5, 5.41) is 0. The topological polar surface area (TPSA) is 16.1 Å². The number of nitrogens with zero attached hydrogens (tertiary/aromatic N) is 2. The molecule has 5 heteroatoms. The lowest BCUT2D eigenvalue weighted by atomic mass is 10.2. The zero-order chi connectivity index (χ0) is 10.1. The van der Waals surface area contributed by atoms with E-state index < -0.39 is 11.7 Å². The summed E-state index contributed by atoms with van der Waals surface area (Å²) in [6, 6.07) is 1.34. The third-order valence-electron chi connectivity index (χ3n) is 1.59. The number of hydrogen-bond acceptors (Lipinski definition) is 2. The van der Waals surface area contributed by atoms with Crippen molar-refractivity contribution in [1.82, 2.24) is 4.98 Å². The van der Waals surface area contributed by atoms with Crippen molar-refractivity contribution >= 4 is 5.69 Å². The van der Waals surface area contributed by atoms with Crippen LogP contribution in [0.5, 0.6) is 0 Å². The van der Waals surface area contributed by atoms with Crippen LogP contribution in [0, 0.1) is 0 Å². The van der Waals surface area contributed by atoms with Crippen LogP contribution in [-0.4, -0.2) is 19.1 Å². The van der Waals surface area contributed by atoms with Gasteiger partial charge in [0.15, 0.2) is 0 Å². The van der Waals surface area contributed by atoms with E-state index in [-0.39, 0.29) is 5.69 Å². The minimum atomic E-state index is -4.34. The van der Waals surface area contributed by atoms with Gasteiger partial charge in [-0.1, -0.05) is 0 Å². The van der Waals surface area contributed by atoms with Gasteiger partial charge in [0.05, 0.1) is 11.3 Å². The number of hydrogen-bond donors (Lipinski definition) is 0. The highest BCUT2D eigenvalue weighted by molar-refractivity contribution is 5.52. The molecule has 0 N–H and O–H groups in total. The molecule has 0 spiro atoms. The molecule has 0 unspecified atom stereocenters. The van der Waals surface area contributed by atoms with Crippen LogP contribution in [0.2, 0.25) is 0 Å². The van der Waals surface area contributed by atoms with Crippen molar-refractivity contribution in [3.05, 3.63) is 24.0 Å². The molecule has 0 saturated carbocycles. The quantitative estimate of drug-likeness (QED) is 0.674.